The third-order valence-corrected chi connectivity index (χ3v) is 4.31. The number of nitrogens with zero attached hydrogens (tertiary/aromatic N) is 2. The zero-order chi connectivity index (χ0) is 19.8. The predicted molar refractivity (Wildman–Crippen MR) is 103 cm³/mol. The van der Waals surface area contributed by atoms with Crippen molar-refractivity contribution < 1.29 is 14.7 Å². The monoisotopic (exact) mass is 370 g/mol. The third-order valence-electron chi connectivity index (χ3n) is 4.31. The number of aliphatic hydroxyl groups is 1. The average molecular weight is 370 g/mol. The van der Waals surface area contributed by atoms with Gasteiger partial charge in [-0.25, -0.2) is 4.98 Å². The van der Waals surface area contributed by atoms with Crippen LogP contribution in [0.15, 0.2) is 42.7 Å². The first-order valence-corrected chi connectivity index (χ1v) is 9.06. The van der Waals surface area contributed by atoms with Crippen molar-refractivity contribution in [2.75, 3.05) is 6.54 Å². The van der Waals surface area contributed by atoms with Crippen molar-refractivity contribution in [3.8, 4) is 11.3 Å². The molecule has 1 aromatic heterocycles. The molecule has 0 bridgehead atoms. The number of benzene rings is 1. The van der Waals surface area contributed by atoms with Crippen molar-refractivity contribution in [1.82, 2.24) is 20.6 Å². The molecule has 0 spiro atoms. The van der Waals surface area contributed by atoms with Crippen molar-refractivity contribution in [2.24, 2.45) is 5.92 Å². The van der Waals surface area contributed by atoms with Crippen molar-refractivity contribution in [3.63, 3.8) is 0 Å². The zero-order valence-electron chi connectivity index (χ0n) is 15.8. The number of aliphatic hydroxyl groups excluding tert-OH is 1. The lowest BCUT2D eigenvalue weighted by atomic mass is 10.1. The van der Waals surface area contributed by atoms with Crippen molar-refractivity contribution in [1.29, 1.82) is 0 Å². The van der Waals surface area contributed by atoms with Crippen LogP contribution in [0.2, 0.25) is 0 Å². The van der Waals surface area contributed by atoms with Gasteiger partial charge < -0.3 is 15.7 Å². The smallest absolute Gasteiger partial charge is 0.272 e. The fourth-order valence-corrected chi connectivity index (χ4v) is 2.37. The van der Waals surface area contributed by atoms with E-state index in [1.165, 1.54) is 13.1 Å². The van der Waals surface area contributed by atoms with Crippen LogP contribution < -0.4 is 10.6 Å². The molecule has 0 fully saturated rings. The van der Waals surface area contributed by atoms with E-state index in [0.29, 0.717) is 18.2 Å². The molecule has 1 unspecified atom stereocenters. The molecule has 2 rings (SSSR count). The van der Waals surface area contributed by atoms with Gasteiger partial charge in [0.05, 0.1) is 24.2 Å². The number of hydrogen-bond acceptors (Lipinski definition) is 5. The topological polar surface area (TPSA) is 104 Å². The summed E-state index contributed by atoms with van der Waals surface area (Å²) < 4.78 is 0. The van der Waals surface area contributed by atoms with Gasteiger partial charge in [-0.15, -0.1) is 0 Å². The normalized spacial score (nSPS) is 14.1. The Labute approximate surface area is 159 Å². The van der Waals surface area contributed by atoms with E-state index < -0.39 is 24.0 Å². The van der Waals surface area contributed by atoms with E-state index in [4.69, 9.17) is 0 Å². The molecule has 7 heteroatoms. The standard InChI is InChI=1S/C20H26N4O3/c1-4-13(2)10-22-20(27)18(14(3)25)24-19(26)17-12-21-11-16(23-17)15-8-6-5-7-9-15/h5-9,11-14,18,25H,4,10H2,1-3H3,(H,22,27)(H,24,26)/t13?,14-,18+/m1/s1. The van der Waals surface area contributed by atoms with Crippen LogP contribution in [0.1, 0.15) is 37.7 Å². The second-order valence-electron chi connectivity index (χ2n) is 6.61. The molecule has 0 aliphatic heterocycles. The minimum Gasteiger partial charge on any atom is -0.391 e. The molecule has 144 valence electrons. The molecule has 0 radical (unpaired) electrons. The fraction of sp³-hybridized carbons (Fsp3) is 0.400. The molecule has 2 amide bonds. The lowest BCUT2D eigenvalue weighted by Gasteiger charge is -2.21. The van der Waals surface area contributed by atoms with Gasteiger partial charge >= 0.3 is 0 Å². The lowest BCUT2D eigenvalue weighted by Crippen LogP contribution is -2.53. The lowest BCUT2D eigenvalue weighted by molar-refractivity contribution is -0.125. The molecule has 0 saturated carbocycles. The van der Waals surface area contributed by atoms with Gasteiger partial charge in [0.25, 0.3) is 5.91 Å². The van der Waals surface area contributed by atoms with Gasteiger partial charge in [0.2, 0.25) is 5.91 Å². The quantitative estimate of drug-likeness (QED) is 0.657. The van der Waals surface area contributed by atoms with Crippen LogP contribution in [-0.4, -0.2) is 45.6 Å². The zero-order valence-corrected chi connectivity index (χ0v) is 15.8. The molecule has 1 aromatic carbocycles. The van der Waals surface area contributed by atoms with E-state index in [1.54, 1.807) is 6.20 Å². The average Bonchev–Trinajstić information content (AvgIpc) is 2.70. The number of nitrogens with one attached hydrogen (secondary N) is 2. The maximum absolute atomic E-state index is 12.5. The summed E-state index contributed by atoms with van der Waals surface area (Å²) in [4.78, 5) is 33.3. The van der Waals surface area contributed by atoms with Crippen LogP contribution in [0.3, 0.4) is 0 Å². The Morgan fingerprint density at radius 3 is 2.48 bits per heavy atom. The highest BCUT2D eigenvalue weighted by Crippen LogP contribution is 2.15. The van der Waals surface area contributed by atoms with Crippen molar-refractivity contribution >= 4 is 11.8 Å². The summed E-state index contributed by atoms with van der Waals surface area (Å²) >= 11 is 0. The van der Waals surface area contributed by atoms with Gasteiger partial charge in [0.1, 0.15) is 11.7 Å². The molecule has 0 aliphatic carbocycles. The molecule has 27 heavy (non-hydrogen) atoms. The first kappa shape index (κ1) is 20.5. The predicted octanol–water partition coefficient (Wildman–Crippen LogP) is 1.79. The Morgan fingerprint density at radius 2 is 1.85 bits per heavy atom. The first-order chi connectivity index (χ1) is 12.9. The van der Waals surface area contributed by atoms with Gasteiger partial charge in [-0.05, 0) is 12.8 Å². The minimum atomic E-state index is -1.07. The summed E-state index contributed by atoms with van der Waals surface area (Å²) in [6.45, 7) is 5.99. The first-order valence-electron chi connectivity index (χ1n) is 9.06. The molecule has 7 nitrogen and oxygen atoms in total. The van der Waals surface area contributed by atoms with Gasteiger partial charge in [0.15, 0.2) is 0 Å². The Bertz CT molecular complexity index is 765. The highest BCUT2D eigenvalue weighted by Gasteiger charge is 2.26. The minimum absolute atomic E-state index is 0.0803. The van der Waals surface area contributed by atoms with Crippen molar-refractivity contribution in [2.45, 2.75) is 39.3 Å². The number of rotatable bonds is 8. The maximum Gasteiger partial charge on any atom is 0.272 e. The van der Waals surface area contributed by atoms with Crippen LogP contribution in [0, 0.1) is 5.92 Å². The highest BCUT2D eigenvalue weighted by molar-refractivity contribution is 5.96. The Balaban J connectivity index is 2.10. The summed E-state index contributed by atoms with van der Waals surface area (Å²) in [6.07, 6.45) is 2.78. The second-order valence-corrected chi connectivity index (χ2v) is 6.61. The summed E-state index contributed by atoms with van der Waals surface area (Å²) in [5, 5.41) is 15.2. The van der Waals surface area contributed by atoms with Crippen LogP contribution in [-0.2, 0) is 4.79 Å². The van der Waals surface area contributed by atoms with Crippen LogP contribution in [0.5, 0.6) is 0 Å². The second kappa shape index (κ2) is 9.78. The molecule has 3 N–H and O–H groups in total. The third kappa shape index (κ3) is 5.86. The van der Waals surface area contributed by atoms with Crippen molar-refractivity contribution in [3.05, 3.63) is 48.4 Å². The van der Waals surface area contributed by atoms with Gasteiger partial charge in [-0.1, -0.05) is 50.6 Å². The summed E-state index contributed by atoms with van der Waals surface area (Å²) in [5.41, 5.74) is 1.47. The largest absolute Gasteiger partial charge is 0.391 e. The van der Waals surface area contributed by atoms with E-state index in [0.717, 1.165) is 12.0 Å². The van der Waals surface area contributed by atoms with E-state index in [9.17, 15) is 14.7 Å². The summed E-state index contributed by atoms with van der Waals surface area (Å²) in [5.74, 6) is -0.677. The Kier molecular flexibility index (Phi) is 7.43. The van der Waals surface area contributed by atoms with E-state index >= 15 is 0 Å². The number of aromatic nitrogens is 2. The summed E-state index contributed by atoms with van der Waals surface area (Å²) in [6, 6.07) is 8.30. The number of carbonyl (C=O) groups excluding carboxylic acids is 2. The molecule has 2 aromatic rings. The van der Waals surface area contributed by atoms with Crippen LogP contribution in [0.4, 0.5) is 0 Å². The molecule has 0 saturated heterocycles. The van der Waals surface area contributed by atoms with E-state index in [2.05, 4.69) is 20.6 Å². The van der Waals surface area contributed by atoms with Crippen LogP contribution >= 0.6 is 0 Å². The fourth-order valence-electron chi connectivity index (χ4n) is 2.37. The molecule has 0 aliphatic rings. The number of amides is 2. The molecular formula is C20H26N4O3. The highest BCUT2D eigenvalue weighted by atomic mass is 16.3. The molecule has 1 heterocycles. The SMILES string of the molecule is CCC(C)CNC(=O)[C@@H](NC(=O)c1cncc(-c2ccccc2)n1)[C@@H](C)O. The number of carbonyl (C=O) groups is 2. The molecule has 3 atom stereocenters. The van der Waals surface area contributed by atoms with Gasteiger partial charge in [-0.3, -0.25) is 14.6 Å². The summed E-state index contributed by atoms with van der Waals surface area (Å²) in [7, 11) is 0. The van der Waals surface area contributed by atoms with E-state index in [-0.39, 0.29) is 5.69 Å². The van der Waals surface area contributed by atoms with Crippen LogP contribution in [0.25, 0.3) is 11.3 Å². The Hall–Kier alpha value is -2.80. The molecular weight excluding hydrogens is 344 g/mol. The van der Waals surface area contributed by atoms with Gasteiger partial charge in [-0.2, -0.15) is 0 Å². The Morgan fingerprint density at radius 1 is 1.15 bits per heavy atom. The van der Waals surface area contributed by atoms with Gasteiger partial charge in [0, 0.05) is 12.1 Å². The number of hydrogen-bond donors (Lipinski definition) is 3. The van der Waals surface area contributed by atoms with E-state index in [1.807, 2.05) is 44.2 Å². The maximum atomic E-state index is 12.5.